The van der Waals surface area contributed by atoms with Crippen LogP contribution in [0.4, 0.5) is 0 Å². The van der Waals surface area contributed by atoms with Crippen LogP contribution < -0.4 is 0 Å². The summed E-state index contributed by atoms with van der Waals surface area (Å²) in [6, 6.07) is 0. The lowest BCUT2D eigenvalue weighted by Gasteiger charge is -2.15. The molecule has 1 aliphatic heterocycles. The van der Waals surface area contributed by atoms with Crippen molar-refractivity contribution < 1.29 is 18.7 Å². The lowest BCUT2D eigenvalue weighted by atomic mass is 9.91. The molecule has 2 unspecified atom stereocenters. The molecule has 1 aromatic rings. The zero-order valence-electron chi connectivity index (χ0n) is 12.9. The minimum absolute atomic E-state index is 0.118. The Morgan fingerprint density at radius 3 is 2.70 bits per heavy atom. The molecule has 0 N–H and O–H groups in total. The third-order valence-corrected chi connectivity index (χ3v) is 3.65. The van der Waals surface area contributed by atoms with Gasteiger partial charge in [-0.05, 0) is 12.8 Å². The molecule has 1 fully saturated rings. The van der Waals surface area contributed by atoms with E-state index in [-0.39, 0.29) is 23.2 Å². The maximum absolute atomic E-state index is 11.9. The summed E-state index contributed by atoms with van der Waals surface area (Å²) in [5.74, 6) is 0.469. The number of nitrogens with zero attached hydrogens (tertiary/aromatic N) is 1. The van der Waals surface area contributed by atoms with E-state index in [2.05, 4.69) is 11.9 Å². The van der Waals surface area contributed by atoms with Crippen molar-refractivity contribution in [3.8, 4) is 0 Å². The molecule has 2 atom stereocenters. The van der Waals surface area contributed by atoms with E-state index in [1.807, 2.05) is 20.8 Å². The monoisotopic (exact) mass is 281 g/mol. The van der Waals surface area contributed by atoms with Crippen LogP contribution in [0.15, 0.2) is 4.42 Å². The van der Waals surface area contributed by atoms with Crippen LogP contribution in [0, 0.1) is 0 Å². The average Bonchev–Trinajstić information content (AvgIpc) is 3.02. The number of oxazole rings is 1. The first-order valence-corrected chi connectivity index (χ1v) is 7.09. The number of methoxy groups -OCH3 is 1. The number of ether oxygens (including phenoxy) is 2. The summed E-state index contributed by atoms with van der Waals surface area (Å²) >= 11 is 0. The number of hydrogen-bond donors (Lipinski definition) is 0. The molecule has 1 aromatic heterocycles. The van der Waals surface area contributed by atoms with Crippen LogP contribution in [-0.4, -0.2) is 30.8 Å². The topological polar surface area (TPSA) is 61.6 Å². The Labute approximate surface area is 119 Å². The molecular formula is C15H23NO4. The summed E-state index contributed by atoms with van der Waals surface area (Å²) in [6.45, 7) is 8.80. The zero-order chi connectivity index (χ0) is 14.9. The van der Waals surface area contributed by atoms with E-state index in [1.54, 1.807) is 0 Å². The Bertz CT molecular complexity index is 487. The highest BCUT2D eigenvalue weighted by atomic mass is 16.5. The van der Waals surface area contributed by atoms with Crippen molar-refractivity contribution in [1.82, 2.24) is 4.98 Å². The third-order valence-electron chi connectivity index (χ3n) is 3.65. The molecule has 0 radical (unpaired) electrons. The van der Waals surface area contributed by atoms with Gasteiger partial charge in [0.25, 0.3) is 0 Å². The molecule has 2 heterocycles. The Balaban J connectivity index is 2.41. The third kappa shape index (κ3) is 2.73. The second-order valence-corrected chi connectivity index (χ2v) is 6.18. The van der Waals surface area contributed by atoms with Gasteiger partial charge in [0.15, 0.2) is 0 Å². The van der Waals surface area contributed by atoms with E-state index < -0.39 is 5.97 Å². The highest BCUT2D eigenvalue weighted by Gasteiger charge is 2.36. The van der Waals surface area contributed by atoms with Crippen LogP contribution in [0.3, 0.4) is 0 Å². The van der Waals surface area contributed by atoms with Crippen LogP contribution >= 0.6 is 0 Å². The average molecular weight is 281 g/mol. The number of hydrogen-bond acceptors (Lipinski definition) is 5. The largest absolute Gasteiger partial charge is 0.463 e. The van der Waals surface area contributed by atoms with E-state index in [9.17, 15) is 4.79 Å². The standard InChI is InChI=1S/C15H23NO4/c1-6-10-9(7-8-19-10)13-16-12(15(2,3)4)11(20-13)14(17)18-5/h9-10H,6-8H2,1-5H3. The van der Waals surface area contributed by atoms with E-state index in [1.165, 1.54) is 7.11 Å². The number of rotatable bonds is 3. The minimum Gasteiger partial charge on any atom is -0.463 e. The molecule has 5 heteroatoms. The lowest BCUT2D eigenvalue weighted by molar-refractivity contribution is 0.0554. The number of carbonyl (C=O) groups is 1. The Morgan fingerprint density at radius 1 is 1.45 bits per heavy atom. The predicted molar refractivity (Wildman–Crippen MR) is 73.9 cm³/mol. The number of aromatic nitrogens is 1. The molecule has 1 aliphatic rings. The quantitative estimate of drug-likeness (QED) is 0.797. The van der Waals surface area contributed by atoms with Crippen molar-refractivity contribution in [3.05, 3.63) is 17.3 Å². The van der Waals surface area contributed by atoms with E-state index in [0.29, 0.717) is 18.2 Å². The molecule has 2 rings (SSSR count). The molecule has 0 amide bonds. The van der Waals surface area contributed by atoms with Crippen molar-refractivity contribution in [1.29, 1.82) is 0 Å². The minimum atomic E-state index is -0.472. The summed E-state index contributed by atoms with van der Waals surface area (Å²) < 4.78 is 16.2. The van der Waals surface area contributed by atoms with E-state index >= 15 is 0 Å². The molecule has 0 saturated carbocycles. The highest BCUT2D eigenvalue weighted by molar-refractivity contribution is 5.87. The molecule has 0 spiro atoms. The number of esters is 1. The fourth-order valence-electron chi connectivity index (χ4n) is 2.57. The smallest absolute Gasteiger partial charge is 0.376 e. The van der Waals surface area contributed by atoms with Gasteiger partial charge in [0.2, 0.25) is 11.7 Å². The van der Waals surface area contributed by atoms with Gasteiger partial charge in [-0.1, -0.05) is 27.7 Å². The molecule has 1 saturated heterocycles. The van der Waals surface area contributed by atoms with Crippen molar-refractivity contribution in [3.63, 3.8) is 0 Å². The maximum Gasteiger partial charge on any atom is 0.376 e. The molecule has 5 nitrogen and oxygen atoms in total. The van der Waals surface area contributed by atoms with Gasteiger partial charge in [0, 0.05) is 12.0 Å². The van der Waals surface area contributed by atoms with Gasteiger partial charge in [-0.15, -0.1) is 0 Å². The summed E-state index contributed by atoms with van der Waals surface area (Å²) in [5, 5.41) is 0. The molecule has 0 bridgehead atoms. The fraction of sp³-hybridized carbons (Fsp3) is 0.733. The molecule has 112 valence electrons. The van der Waals surface area contributed by atoms with Gasteiger partial charge in [-0.3, -0.25) is 0 Å². The van der Waals surface area contributed by atoms with Crippen LogP contribution in [0.25, 0.3) is 0 Å². The first-order chi connectivity index (χ1) is 9.38. The Hall–Kier alpha value is -1.36. The van der Waals surface area contributed by atoms with Crippen LogP contribution in [-0.2, 0) is 14.9 Å². The Morgan fingerprint density at radius 2 is 2.15 bits per heavy atom. The Kier molecular flexibility index (Phi) is 4.18. The molecule has 20 heavy (non-hydrogen) atoms. The van der Waals surface area contributed by atoms with E-state index in [4.69, 9.17) is 13.9 Å². The normalized spacial score (nSPS) is 23.1. The van der Waals surface area contributed by atoms with Gasteiger partial charge < -0.3 is 13.9 Å². The SMILES string of the molecule is CCC1OCCC1c1nc(C(C)(C)C)c(C(=O)OC)o1. The first-order valence-electron chi connectivity index (χ1n) is 7.09. The summed E-state index contributed by atoms with van der Waals surface area (Å²) in [6.07, 6.45) is 1.90. The fourth-order valence-corrected chi connectivity index (χ4v) is 2.57. The molecule has 0 aliphatic carbocycles. The van der Waals surface area contributed by atoms with Gasteiger partial charge in [-0.2, -0.15) is 0 Å². The van der Waals surface area contributed by atoms with Gasteiger partial charge >= 0.3 is 5.97 Å². The number of carbonyl (C=O) groups excluding carboxylic acids is 1. The highest BCUT2D eigenvalue weighted by Crippen LogP contribution is 2.36. The van der Waals surface area contributed by atoms with Crippen molar-refractivity contribution >= 4 is 5.97 Å². The van der Waals surface area contributed by atoms with Crippen LogP contribution in [0.5, 0.6) is 0 Å². The van der Waals surface area contributed by atoms with Gasteiger partial charge in [-0.25, -0.2) is 9.78 Å². The first kappa shape index (κ1) is 15.0. The van der Waals surface area contributed by atoms with E-state index in [0.717, 1.165) is 12.8 Å². The van der Waals surface area contributed by atoms with Crippen molar-refractivity contribution in [2.75, 3.05) is 13.7 Å². The van der Waals surface area contributed by atoms with Crippen molar-refractivity contribution in [2.24, 2.45) is 0 Å². The summed E-state index contributed by atoms with van der Waals surface area (Å²) in [7, 11) is 1.35. The second-order valence-electron chi connectivity index (χ2n) is 6.18. The van der Waals surface area contributed by atoms with Gasteiger partial charge in [0.1, 0.15) is 0 Å². The predicted octanol–water partition coefficient (Wildman–Crippen LogP) is 3.04. The van der Waals surface area contributed by atoms with Gasteiger partial charge in [0.05, 0.1) is 24.8 Å². The zero-order valence-corrected chi connectivity index (χ0v) is 12.9. The summed E-state index contributed by atoms with van der Waals surface area (Å²) in [4.78, 5) is 16.5. The summed E-state index contributed by atoms with van der Waals surface area (Å²) in [5.41, 5.74) is 0.382. The van der Waals surface area contributed by atoms with Crippen LogP contribution in [0.2, 0.25) is 0 Å². The van der Waals surface area contributed by atoms with Crippen molar-refractivity contribution in [2.45, 2.75) is 58.0 Å². The maximum atomic E-state index is 11.9. The second kappa shape index (κ2) is 5.56. The molecule has 0 aromatic carbocycles. The lowest BCUT2D eigenvalue weighted by Crippen LogP contribution is -2.17. The van der Waals surface area contributed by atoms with Crippen LogP contribution in [0.1, 0.15) is 68.6 Å². The molecular weight excluding hydrogens is 258 g/mol.